The Bertz CT molecular complexity index is 385. The lowest BCUT2D eigenvalue weighted by Gasteiger charge is -2.02. The van der Waals surface area contributed by atoms with Gasteiger partial charge in [-0.1, -0.05) is 0 Å². The average Bonchev–Trinajstić information content (AvgIpc) is 2.60. The van der Waals surface area contributed by atoms with Gasteiger partial charge < -0.3 is 20.3 Å². The zero-order valence-electron chi connectivity index (χ0n) is 8.23. The van der Waals surface area contributed by atoms with Crippen LogP contribution in [0.25, 0.3) is 0 Å². The number of nitrogens with two attached hydrogens (primary N) is 1. The number of hydrogen-bond donors (Lipinski definition) is 3. The number of hydrogen-bond acceptors (Lipinski definition) is 4. The van der Waals surface area contributed by atoms with E-state index in [1.165, 1.54) is 19.2 Å². The summed E-state index contributed by atoms with van der Waals surface area (Å²) in [5.74, 6) is -0.631. The molecule has 0 spiro atoms. The maximum atomic E-state index is 11.3. The molecular weight excluding hydrogens is 198 g/mol. The Kier molecular flexibility index (Phi) is 2.24. The van der Waals surface area contributed by atoms with Gasteiger partial charge in [0.2, 0.25) is 0 Å². The number of rotatable bonds is 1. The minimum absolute atomic E-state index is 0.160. The summed E-state index contributed by atoms with van der Waals surface area (Å²) in [7, 11) is 1.34. The van der Waals surface area contributed by atoms with Crippen molar-refractivity contribution in [1.82, 2.24) is 0 Å². The Morgan fingerprint density at radius 2 is 2.13 bits per heavy atom. The molecule has 0 aliphatic carbocycles. The van der Waals surface area contributed by atoms with Gasteiger partial charge in [-0.3, -0.25) is 0 Å². The Morgan fingerprint density at radius 3 is 2.80 bits per heavy atom. The summed E-state index contributed by atoms with van der Waals surface area (Å²) in [6.07, 6.45) is 0.510. The number of aromatic hydroxyl groups is 2. The van der Waals surface area contributed by atoms with Crippen molar-refractivity contribution in [2.75, 3.05) is 7.11 Å². The van der Waals surface area contributed by atoms with E-state index in [9.17, 15) is 15.0 Å². The van der Waals surface area contributed by atoms with Crippen LogP contribution in [0.3, 0.4) is 0 Å². The summed E-state index contributed by atoms with van der Waals surface area (Å²) in [5, 5.41) is 20.3. The molecule has 5 heteroatoms. The molecule has 0 amide bonds. The minimum Gasteiger partial charge on any atom is -0.504 e. The smallest absolute Gasteiger partial charge is 0.365 e. The molecule has 15 heavy (non-hydrogen) atoms. The second-order valence-corrected chi connectivity index (χ2v) is 3.54. The van der Waals surface area contributed by atoms with E-state index in [1.807, 2.05) is 0 Å². The summed E-state index contributed by atoms with van der Waals surface area (Å²) in [5.41, 5.74) is 1.63. The van der Waals surface area contributed by atoms with Crippen molar-refractivity contribution >= 4 is 11.7 Å². The van der Waals surface area contributed by atoms with E-state index in [1.54, 1.807) is 5.32 Å². The van der Waals surface area contributed by atoms with E-state index in [2.05, 4.69) is 4.74 Å². The Balaban J connectivity index is 2.27. The van der Waals surface area contributed by atoms with Gasteiger partial charge in [-0.2, -0.15) is 0 Å². The molecule has 0 saturated carbocycles. The molecule has 0 saturated heterocycles. The fourth-order valence-electron chi connectivity index (χ4n) is 1.78. The molecule has 1 aromatic rings. The van der Waals surface area contributed by atoms with Crippen LogP contribution >= 0.6 is 0 Å². The van der Waals surface area contributed by atoms with Crippen LogP contribution in [0.2, 0.25) is 0 Å². The van der Waals surface area contributed by atoms with Crippen LogP contribution in [0.15, 0.2) is 12.1 Å². The molecule has 0 aromatic heterocycles. The lowest BCUT2D eigenvalue weighted by molar-refractivity contribution is -0.588. The summed E-state index contributed by atoms with van der Waals surface area (Å²) >= 11 is 0. The summed E-state index contributed by atoms with van der Waals surface area (Å²) in [6, 6.07) is 2.61. The first-order chi connectivity index (χ1) is 7.11. The van der Waals surface area contributed by atoms with Crippen molar-refractivity contribution in [2.45, 2.75) is 12.5 Å². The standard InChI is InChI=1S/C10H11NO4/c1-15-10(14)7-2-5-3-8(12)9(13)4-6(5)11-7/h3-4,7,11-13H,2H2,1H3/p+1. The highest BCUT2D eigenvalue weighted by Crippen LogP contribution is 2.31. The highest BCUT2D eigenvalue weighted by molar-refractivity contribution is 5.76. The number of methoxy groups -OCH3 is 1. The molecule has 1 aromatic carbocycles. The van der Waals surface area contributed by atoms with E-state index in [0.29, 0.717) is 6.42 Å². The maximum Gasteiger partial charge on any atom is 0.365 e. The van der Waals surface area contributed by atoms with Gasteiger partial charge in [0, 0.05) is 18.1 Å². The molecule has 5 nitrogen and oxygen atoms in total. The average molecular weight is 210 g/mol. The van der Waals surface area contributed by atoms with Gasteiger partial charge in [0.05, 0.1) is 7.11 Å². The van der Waals surface area contributed by atoms with Crippen molar-refractivity contribution < 1.29 is 25.1 Å². The number of quaternary nitrogens is 1. The predicted molar refractivity (Wildman–Crippen MR) is 50.9 cm³/mol. The molecule has 1 atom stereocenters. The number of carbonyl (C=O) groups is 1. The van der Waals surface area contributed by atoms with Crippen LogP contribution in [0.5, 0.6) is 11.5 Å². The lowest BCUT2D eigenvalue weighted by atomic mass is 10.1. The molecular formula is C10H12NO4+. The third-order valence-corrected chi connectivity index (χ3v) is 2.56. The van der Waals surface area contributed by atoms with Crippen LogP contribution in [0.1, 0.15) is 5.56 Å². The van der Waals surface area contributed by atoms with Gasteiger partial charge in [0.15, 0.2) is 17.5 Å². The number of benzene rings is 1. The highest BCUT2D eigenvalue weighted by atomic mass is 16.5. The SMILES string of the molecule is COC(=O)C1Cc2cc(O)c(O)cc2[NH2+]1. The van der Waals surface area contributed by atoms with Crippen LogP contribution in [-0.4, -0.2) is 29.3 Å². The summed E-state index contributed by atoms with van der Waals surface area (Å²) < 4.78 is 4.63. The monoisotopic (exact) mass is 210 g/mol. The number of esters is 1. The molecule has 2 rings (SSSR count). The Labute approximate surface area is 86.3 Å². The Morgan fingerprint density at radius 1 is 1.47 bits per heavy atom. The van der Waals surface area contributed by atoms with Crippen molar-refractivity contribution in [2.24, 2.45) is 0 Å². The van der Waals surface area contributed by atoms with Crippen molar-refractivity contribution in [3.05, 3.63) is 17.7 Å². The zero-order valence-corrected chi connectivity index (χ0v) is 8.23. The topological polar surface area (TPSA) is 83.4 Å². The lowest BCUT2D eigenvalue weighted by Crippen LogP contribution is -2.84. The van der Waals surface area contributed by atoms with Crippen LogP contribution in [-0.2, 0) is 16.0 Å². The van der Waals surface area contributed by atoms with E-state index < -0.39 is 0 Å². The van der Waals surface area contributed by atoms with Gasteiger partial charge in [-0.15, -0.1) is 0 Å². The number of carbonyl (C=O) groups excluding carboxylic acids is 1. The third-order valence-electron chi connectivity index (χ3n) is 2.56. The minimum atomic E-state index is -0.314. The van der Waals surface area contributed by atoms with Gasteiger partial charge in [0.25, 0.3) is 0 Å². The molecule has 1 heterocycles. The van der Waals surface area contributed by atoms with E-state index in [0.717, 1.165) is 11.3 Å². The summed E-state index contributed by atoms with van der Waals surface area (Å²) in [6.45, 7) is 0. The van der Waals surface area contributed by atoms with Gasteiger partial charge >= 0.3 is 5.97 Å². The molecule has 4 N–H and O–H groups in total. The molecule has 0 radical (unpaired) electrons. The quantitative estimate of drug-likeness (QED) is 0.250. The fraction of sp³-hybridized carbons (Fsp3) is 0.300. The van der Waals surface area contributed by atoms with Crippen LogP contribution in [0, 0.1) is 0 Å². The number of fused-ring (bicyclic) bond motifs is 1. The van der Waals surface area contributed by atoms with Crippen molar-refractivity contribution in [3.63, 3.8) is 0 Å². The largest absolute Gasteiger partial charge is 0.504 e. The molecule has 0 fully saturated rings. The zero-order chi connectivity index (χ0) is 11.0. The molecule has 1 aliphatic heterocycles. The fourth-order valence-corrected chi connectivity index (χ4v) is 1.78. The maximum absolute atomic E-state index is 11.3. The summed E-state index contributed by atoms with van der Waals surface area (Å²) in [4.78, 5) is 11.3. The highest BCUT2D eigenvalue weighted by Gasteiger charge is 2.33. The van der Waals surface area contributed by atoms with E-state index in [-0.39, 0.29) is 23.5 Å². The molecule has 80 valence electrons. The van der Waals surface area contributed by atoms with E-state index >= 15 is 0 Å². The van der Waals surface area contributed by atoms with Gasteiger partial charge in [-0.05, 0) is 6.07 Å². The first-order valence-electron chi connectivity index (χ1n) is 4.59. The van der Waals surface area contributed by atoms with E-state index in [4.69, 9.17) is 0 Å². The van der Waals surface area contributed by atoms with Crippen LogP contribution < -0.4 is 5.32 Å². The second-order valence-electron chi connectivity index (χ2n) is 3.54. The first-order valence-corrected chi connectivity index (χ1v) is 4.59. The van der Waals surface area contributed by atoms with Crippen molar-refractivity contribution in [3.8, 4) is 11.5 Å². The third kappa shape index (κ3) is 1.61. The second kappa shape index (κ2) is 3.43. The van der Waals surface area contributed by atoms with Gasteiger partial charge in [0.1, 0.15) is 5.69 Å². The predicted octanol–water partition coefficient (Wildman–Crippen LogP) is -0.610. The molecule has 1 unspecified atom stereocenters. The molecule has 0 bridgehead atoms. The normalized spacial score (nSPS) is 18.6. The molecule has 1 aliphatic rings. The van der Waals surface area contributed by atoms with Crippen LogP contribution in [0.4, 0.5) is 5.69 Å². The van der Waals surface area contributed by atoms with Gasteiger partial charge in [-0.25, -0.2) is 4.79 Å². The van der Waals surface area contributed by atoms with Crippen molar-refractivity contribution in [1.29, 1.82) is 0 Å². The number of ether oxygens (including phenoxy) is 1. The Hall–Kier alpha value is -1.75. The first kappa shape index (κ1) is 9.79. The number of phenols is 2. The number of phenolic OH excluding ortho intramolecular Hbond substituents is 2.